The molecule has 1 aromatic heterocycles. The third-order valence-electron chi connectivity index (χ3n) is 3.04. The van der Waals surface area contributed by atoms with Crippen molar-refractivity contribution in [3.8, 4) is 0 Å². The van der Waals surface area contributed by atoms with Crippen LogP contribution in [-0.4, -0.2) is 16.1 Å². The summed E-state index contributed by atoms with van der Waals surface area (Å²) in [5, 5.41) is 4.56. The van der Waals surface area contributed by atoms with Gasteiger partial charge < -0.3 is 0 Å². The van der Waals surface area contributed by atoms with Gasteiger partial charge in [0.15, 0.2) is 6.29 Å². The SMILES string of the molecule is CCc1nn(CCC(C)(C)C)c(CC)c1C=O. The Balaban J connectivity index is 2.99. The summed E-state index contributed by atoms with van der Waals surface area (Å²) >= 11 is 0. The van der Waals surface area contributed by atoms with Gasteiger partial charge >= 0.3 is 0 Å². The van der Waals surface area contributed by atoms with E-state index < -0.39 is 0 Å². The number of hydrogen-bond acceptors (Lipinski definition) is 2. The van der Waals surface area contributed by atoms with Crippen molar-refractivity contribution in [3.63, 3.8) is 0 Å². The van der Waals surface area contributed by atoms with Gasteiger partial charge in [0.1, 0.15) is 0 Å². The molecule has 0 spiro atoms. The van der Waals surface area contributed by atoms with Gasteiger partial charge in [-0.25, -0.2) is 0 Å². The Labute approximate surface area is 104 Å². The summed E-state index contributed by atoms with van der Waals surface area (Å²) in [6.45, 7) is 11.7. The molecule has 0 aliphatic carbocycles. The van der Waals surface area contributed by atoms with Crippen molar-refractivity contribution in [2.24, 2.45) is 5.41 Å². The lowest BCUT2D eigenvalue weighted by atomic mass is 9.92. The summed E-state index contributed by atoms with van der Waals surface area (Å²) in [5.41, 5.74) is 3.13. The first-order valence-electron chi connectivity index (χ1n) is 6.46. The highest BCUT2D eigenvalue weighted by atomic mass is 16.1. The van der Waals surface area contributed by atoms with Gasteiger partial charge in [-0.2, -0.15) is 5.10 Å². The van der Waals surface area contributed by atoms with Gasteiger partial charge in [-0.05, 0) is 24.7 Å². The van der Waals surface area contributed by atoms with Gasteiger partial charge in [0.05, 0.1) is 11.3 Å². The first-order chi connectivity index (χ1) is 7.92. The molecule has 0 aromatic carbocycles. The molecule has 0 saturated heterocycles. The third-order valence-corrected chi connectivity index (χ3v) is 3.04. The lowest BCUT2D eigenvalue weighted by Crippen LogP contribution is -2.13. The van der Waals surface area contributed by atoms with Crippen LogP contribution in [0.3, 0.4) is 0 Å². The Hall–Kier alpha value is -1.12. The first kappa shape index (κ1) is 13.9. The molecule has 3 heteroatoms. The summed E-state index contributed by atoms with van der Waals surface area (Å²) in [5.74, 6) is 0. The Bertz CT molecular complexity index is 386. The molecule has 0 unspecified atom stereocenters. The number of aldehydes is 1. The Morgan fingerprint density at radius 2 is 1.88 bits per heavy atom. The maximum absolute atomic E-state index is 11.1. The van der Waals surface area contributed by atoms with Crippen molar-refractivity contribution >= 4 is 6.29 Å². The predicted molar refractivity (Wildman–Crippen MR) is 70.4 cm³/mol. The van der Waals surface area contributed by atoms with E-state index in [2.05, 4.69) is 32.8 Å². The molecule has 0 aliphatic rings. The smallest absolute Gasteiger partial charge is 0.153 e. The number of aromatic nitrogens is 2. The van der Waals surface area contributed by atoms with Gasteiger partial charge in [-0.3, -0.25) is 9.48 Å². The quantitative estimate of drug-likeness (QED) is 0.735. The second kappa shape index (κ2) is 5.48. The van der Waals surface area contributed by atoms with Crippen LogP contribution in [0.15, 0.2) is 0 Å². The van der Waals surface area contributed by atoms with E-state index in [1.807, 2.05) is 11.6 Å². The monoisotopic (exact) mass is 236 g/mol. The minimum absolute atomic E-state index is 0.296. The number of hydrogen-bond donors (Lipinski definition) is 0. The summed E-state index contributed by atoms with van der Waals surface area (Å²) in [6.07, 6.45) is 3.72. The second-order valence-corrected chi connectivity index (χ2v) is 5.67. The molecule has 0 fully saturated rings. The molecule has 1 heterocycles. The van der Waals surface area contributed by atoms with Gasteiger partial charge in [-0.15, -0.1) is 0 Å². The fraction of sp³-hybridized carbons (Fsp3) is 0.714. The van der Waals surface area contributed by atoms with Crippen molar-refractivity contribution in [3.05, 3.63) is 17.0 Å². The van der Waals surface area contributed by atoms with Crippen LogP contribution in [0.1, 0.15) is 62.8 Å². The minimum atomic E-state index is 0.296. The highest BCUT2D eigenvalue weighted by molar-refractivity contribution is 5.78. The van der Waals surface area contributed by atoms with Crippen LogP contribution < -0.4 is 0 Å². The second-order valence-electron chi connectivity index (χ2n) is 5.67. The summed E-state index contributed by atoms with van der Waals surface area (Å²) in [6, 6.07) is 0. The molecule has 1 aromatic rings. The van der Waals surface area contributed by atoms with Crippen molar-refractivity contribution in [2.45, 2.75) is 60.4 Å². The molecule has 0 N–H and O–H groups in total. The number of carbonyl (C=O) groups is 1. The van der Waals surface area contributed by atoms with Crippen LogP contribution in [0.4, 0.5) is 0 Å². The minimum Gasteiger partial charge on any atom is -0.298 e. The van der Waals surface area contributed by atoms with Crippen LogP contribution in [0.2, 0.25) is 0 Å². The topological polar surface area (TPSA) is 34.9 Å². The lowest BCUT2D eigenvalue weighted by Gasteiger charge is -2.18. The molecular weight excluding hydrogens is 212 g/mol. The van der Waals surface area contributed by atoms with Gasteiger partial charge in [0.2, 0.25) is 0 Å². The van der Waals surface area contributed by atoms with E-state index >= 15 is 0 Å². The zero-order valence-corrected chi connectivity index (χ0v) is 11.7. The molecule has 0 atom stereocenters. The number of aryl methyl sites for hydroxylation is 2. The molecule has 0 amide bonds. The van der Waals surface area contributed by atoms with E-state index in [4.69, 9.17) is 0 Å². The van der Waals surface area contributed by atoms with Crippen molar-refractivity contribution < 1.29 is 4.79 Å². The highest BCUT2D eigenvalue weighted by Crippen LogP contribution is 2.21. The zero-order chi connectivity index (χ0) is 13.1. The molecule has 3 nitrogen and oxygen atoms in total. The zero-order valence-electron chi connectivity index (χ0n) is 11.7. The summed E-state index contributed by atoms with van der Waals surface area (Å²) in [7, 11) is 0. The molecule has 96 valence electrons. The number of nitrogens with zero attached hydrogens (tertiary/aromatic N) is 2. The third kappa shape index (κ3) is 3.42. The van der Waals surface area contributed by atoms with Crippen LogP contribution >= 0.6 is 0 Å². The normalized spacial score (nSPS) is 11.8. The fourth-order valence-electron chi connectivity index (χ4n) is 1.96. The first-order valence-corrected chi connectivity index (χ1v) is 6.46. The maximum atomic E-state index is 11.1. The van der Waals surface area contributed by atoms with E-state index in [1.54, 1.807) is 0 Å². The fourth-order valence-corrected chi connectivity index (χ4v) is 1.96. The van der Waals surface area contributed by atoms with Crippen LogP contribution in [0.25, 0.3) is 0 Å². The van der Waals surface area contributed by atoms with Crippen LogP contribution in [0, 0.1) is 5.41 Å². The molecule has 0 aliphatic heterocycles. The molecule has 0 radical (unpaired) electrons. The van der Waals surface area contributed by atoms with Crippen LogP contribution in [0.5, 0.6) is 0 Å². The van der Waals surface area contributed by atoms with E-state index in [9.17, 15) is 4.79 Å². The van der Waals surface area contributed by atoms with Crippen molar-refractivity contribution in [1.82, 2.24) is 9.78 Å². The largest absolute Gasteiger partial charge is 0.298 e. The van der Waals surface area contributed by atoms with Crippen molar-refractivity contribution in [1.29, 1.82) is 0 Å². The summed E-state index contributed by atoms with van der Waals surface area (Å²) in [4.78, 5) is 11.1. The van der Waals surface area contributed by atoms with E-state index in [1.165, 1.54) is 0 Å². The van der Waals surface area contributed by atoms with E-state index in [-0.39, 0.29) is 0 Å². The Kier molecular flexibility index (Phi) is 4.49. The van der Waals surface area contributed by atoms with Gasteiger partial charge in [0.25, 0.3) is 0 Å². The molecular formula is C14H24N2O. The predicted octanol–water partition coefficient (Wildman–Crippen LogP) is 3.26. The van der Waals surface area contributed by atoms with E-state index in [0.717, 1.165) is 49.0 Å². The van der Waals surface area contributed by atoms with Gasteiger partial charge in [-0.1, -0.05) is 34.6 Å². The van der Waals surface area contributed by atoms with E-state index in [0.29, 0.717) is 5.41 Å². The number of carbonyl (C=O) groups excluding carboxylic acids is 1. The molecule has 0 bridgehead atoms. The molecule has 0 saturated carbocycles. The van der Waals surface area contributed by atoms with Crippen molar-refractivity contribution in [2.75, 3.05) is 0 Å². The maximum Gasteiger partial charge on any atom is 0.153 e. The average Bonchev–Trinajstić information content (AvgIpc) is 2.62. The Morgan fingerprint density at radius 1 is 1.24 bits per heavy atom. The highest BCUT2D eigenvalue weighted by Gasteiger charge is 2.17. The molecule has 17 heavy (non-hydrogen) atoms. The number of rotatable bonds is 5. The summed E-state index contributed by atoms with van der Waals surface area (Å²) < 4.78 is 2.02. The standard InChI is InChI=1S/C14H24N2O/c1-6-12-11(10-17)13(7-2)16(15-12)9-8-14(3,4)5/h10H,6-9H2,1-5H3. The van der Waals surface area contributed by atoms with Gasteiger partial charge in [0, 0.05) is 12.2 Å². The lowest BCUT2D eigenvalue weighted by molar-refractivity contribution is 0.112. The van der Waals surface area contributed by atoms with Crippen LogP contribution in [-0.2, 0) is 19.4 Å². The average molecular weight is 236 g/mol. The Morgan fingerprint density at radius 3 is 2.29 bits per heavy atom. The molecule has 1 rings (SSSR count).